The molecule has 1 N–H and O–H groups in total. The van der Waals surface area contributed by atoms with Crippen molar-refractivity contribution in [2.75, 3.05) is 13.7 Å². The highest BCUT2D eigenvalue weighted by molar-refractivity contribution is 6.31. The summed E-state index contributed by atoms with van der Waals surface area (Å²) in [6.07, 6.45) is 9.25. The lowest BCUT2D eigenvalue weighted by molar-refractivity contribution is -0.175. The fourth-order valence-corrected chi connectivity index (χ4v) is 9.82. The molecule has 6 nitrogen and oxygen atoms in total. The molecule has 0 radical (unpaired) electrons. The van der Waals surface area contributed by atoms with Crippen molar-refractivity contribution in [3.05, 3.63) is 23.0 Å². The Morgan fingerprint density at radius 1 is 1.16 bits per heavy atom. The number of Topliss-reactive ketones (excluding diaryl/α,β-unsaturated/α-hetero) is 1. The van der Waals surface area contributed by atoms with Gasteiger partial charge in [0, 0.05) is 13.0 Å². The number of carbonyl (C=O) groups is 1. The number of aromatic nitrogens is 3. The average Bonchev–Trinajstić information content (AvgIpc) is 3.42. The monoisotopic (exact) mass is 531 g/mol. The van der Waals surface area contributed by atoms with Gasteiger partial charge >= 0.3 is 0 Å². The van der Waals surface area contributed by atoms with Crippen LogP contribution in [0.2, 0.25) is 5.02 Å². The summed E-state index contributed by atoms with van der Waals surface area (Å²) in [5.74, 6) is 1.82. The van der Waals surface area contributed by atoms with Gasteiger partial charge in [-0.3, -0.25) is 4.79 Å². The highest BCUT2D eigenvalue weighted by Crippen LogP contribution is 2.68. The van der Waals surface area contributed by atoms with Gasteiger partial charge in [0.15, 0.2) is 11.6 Å². The van der Waals surface area contributed by atoms with Crippen LogP contribution in [-0.2, 0) is 16.1 Å². The van der Waals surface area contributed by atoms with Crippen LogP contribution in [0.15, 0.2) is 12.1 Å². The second-order valence-corrected chi connectivity index (χ2v) is 13.5. The fraction of sp³-hybridized carbons (Fsp3) is 0.759. The average molecular weight is 532 g/mol. The Morgan fingerprint density at radius 3 is 2.76 bits per heavy atom. The van der Waals surface area contributed by atoms with Gasteiger partial charge in [-0.1, -0.05) is 23.7 Å². The highest BCUT2D eigenvalue weighted by atomic mass is 35.5. The minimum Gasteiger partial charge on any atom is -0.390 e. The summed E-state index contributed by atoms with van der Waals surface area (Å²) in [6, 6.07) is 3.18. The Bertz CT molecular complexity index is 1220. The maximum Gasteiger partial charge on any atom is 0.171 e. The van der Waals surface area contributed by atoms with Crippen molar-refractivity contribution in [3.8, 4) is 0 Å². The number of hydrogen-bond donors (Lipinski definition) is 1. The zero-order valence-corrected chi connectivity index (χ0v) is 22.9. The predicted octanol–water partition coefficient (Wildman–Crippen LogP) is 5.83. The van der Waals surface area contributed by atoms with E-state index in [-0.39, 0.29) is 39.6 Å². The maximum atomic E-state index is 14.4. The molecule has 37 heavy (non-hydrogen) atoms. The standard InChI is InChI=1S/C29H39ClFN3O3/c1-27(36)12-13-29(16-37-3)17(14-27)4-5-18-19-6-7-21(28(19,2)11-10-20(18)29)24(35)15-34-23-9-8-22(30)25(31)26(23)32-33-34/h8-9,17-21,36H,4-7,10-16H2,1-3H3. The smallest absolute Gasteiger partial charge is 0.171 e. The topological polar surface area (TPSA) is 77.2 Å². The molecule has 4 aliphatic rings. The van der Waals surface area contributed by atoms with Crippen molar-refractivity contribution in [1.29, 1.82) is 0 Å². The molecule has 202 valence electrons. The molecule has 0 bridgehead atoms. The number of carbonyl (C=O) groups excluding carboxylic acids is 1. The molecule has 1 heterocycles. The molecule has 1 aromatic heterocycles. The number of ketones is 1. The summed E-state index contributed by atoms with van der Waals surface area (Å²) in [6.45, 7) is 5.25. The van der Waals surface area contributed by atoms with Gasteiger partial charge < -0.3 is 9.84 Å². The summed E-state index contributed by atoms with van der Waals surface area (Å²) >= 11 is 5.90. The quantitative estimate of drug-likeness (QED) is 0.525. The second-order valence-electron chi connectivity index (χ2n) is 13.1. The Kier molecular flexibility index (Phi) is 6.24. The van der Waals surface area contributed by atoms with E-state index in [0.29, 0.717) is 29.2 Å². The molecule has 4 aliphatic carbocycles. The van der Waals surface area contributed by atoms with Crippen LogP contribution in [0.25, 0.3) is 11.0 Å². The number of benzene rings is 1. The Balaban J connectivity index is 1.24. The van der Waals surface area contributed by atoms with Crippen LogP contribution in [-0.4, -0.2) is 45.2 Å². The van der Waals surface area contributed by atoms with Gasteiger partial charge in [0.2, 0.25) is 0 Å². The summed E-state index contributed by atoms with van der Waals surface area (Å²) < 4.78 is 21.8. The van der Waals surface area contributed by atoms with Crippen LogP contribution >= 0.6 is 11.6 Å². The van der Waals surface area contributed by atoms with Crippen LogP contribution in [0.5, 0.6) is 0 Å². The first kappa shape index (κ1) is 25.7. The van der Waals surface area contributed by atoms with E-state index in [9.17, 15) is 14.3 Å². The minimum absolute atomic E-state index is 0.0105. The predicted molar refractivity (Wildman–Crippen MR) is 140 cm³/mol. The van der Waals surface area contributed by atoms with E-state index < -0.39 is 11.4 Å². The van der Waals surface area contributed by atoms with Crippen LogP contribution in [0, 0.1) is 46.2 Å². The molecule has 1 aromatic carbocycles. The molecular formula is C29H39ClFN3O3. The molecule has 0 aliphatic heterocycles. The minimum atomic E-state index is -0.589. The Hall–Kier alpha value is -1.57. The molecule has 2 aromatic rings. The number of methoxy groups -OCH3 is 1. The second kappa shape index (κ2) is 8.99. The van der Waals surface area contributed by atoms with Gasteiger partial charge in [0.1, 0.15) is 12.1 Å². The number of ether oxygens (including phenoxy) is 1. The molecule has 0 saturated heterocycles. The lowest BCUT2D eigenvalue weighted by Crippen LogP contribution is -2.58. The first-order valence-electron chi connectivity index (χ1n) is 14.0. The first-order valence-corrected chi connectivity index (χ1v) is 14.4. The maximum absolute atomic E-state index is 14.4. The van der Waals surface area contributed by atoms with E-state index in [2.05, 4.69) is 17.2 Å². The number of rotatable bonds is 5. The first-order chi connectivity index (χ1) is 17.6. The summed E-state index contributed by atoms with van der Waals surface area (Å²) in [5.41, 5.74) is 0.177. The van der Waals surface area contributed by atoms with Crippen molar-refractivity contribution in [2.45, 2.75) is 83.8 Å². The lowest BCUT2D eigenvalue weighted by atomic mass is 9.43. The van der Waals surface area contributed by atoms with Crippen LogP contribution in [0.1, 0.15) is 71.6 Å². The van der Waals surface area contributed by atoms with Crippen LogP contribution < -0.4 is 0 Å². The molecule has 8 atom stereocenters. The van der Waals surface area contributed by atoms with Crippen molar-refractivity contribution in [1.82, 2.24) is 15.0 Å². The van der Waals surface area contributed by atoms with Crippen molar-refractivity contribution >= 4 is 28.4 Å². The largest absolute Gasteiger partial charge is 0.390 e. The van der Waals surface area contributed by atoms with Crippen molar-refractivity contribution in [2.24, 2.45) is 40.4 Å². The van der Waals surface area contributed by atoms with E-state index in [1.165, 1.54) is 17.2 Å². The zero-order valence-electron chi connectivity index (χ0n) is 22.2. The van der Waals surface area contributed by atoms with Gasteiger partial charge in [-0.15, -0.1) is 5.10 Å². The van der Waals surface area contributed by atoms with Crippen molar-refractivity contribution in [3.63, 3.8) is 0 Å². The normalized spacial score (nSPS) is 41.3. The van der Waals surface area contributed by atoms with Crippen molar-refractivity contribution < 1.29 is 19.0 Å². The van der Waals surface area contributed by atoms with Crippen LogP contribution in [0.3, 0.4) is 0 Å². The Morgan fingerprint density at radius 2 is 1.97 bits per heavy atom. The van der Waals surface area contributed by atoms with Crippen LogP contribution in [0.4, 0.5) is 4.39 Å². The summed E-state index contributed by atoms with van der Waals surface area (Å²) in [7, 11) is 1.83. The molecule has 0 amide bonds. The highest BCUT2D eigenvalue weighted by Gasteiger charge is 2.63. The summed E-state index contributed by atoms with van der Waals surface area (Å²) in [5, 5.41) is 18.9. The SMILES string of the molecule is COCC12CCC(C)(O)CC1CCC1C3CCC(C(=O)Cn4nnc5c(F)c(Cl)ccc54)C3(C)CCC12. The van der Waals surface area contributed by atoms with Gasteiger partial charge in [-0.05, 0) is 111 Å². The number of aliphatic hydroxyl groups is 1. The molecule has 6 rings (SSSR count). The summed E-state index contributed by atoms with van der Waals surface area (Å²) in [4.78, 5) is 13.7. The third kappa shape index (κ3) is 3.89. The Labute approximate surface area is 223 Å². The number of fused-ring (bicyclic) bond motifs is 6. The van der Waals surface area contributed by atoms with E-state index in [0.717, 1.165) is 58.0 Å². The third-order valence-electron chi connectivity index (χ3n) is 11.3. The fourth-order valence-electron chi connectivity index (χ4n) is 9.67. The lowest BCUT2D eigenvalue weighted by Gasteiger charge is -2.62. The zero-order chi connectivity index (χ0) is 26.2. The third-order valence-corrected chi connectivity index (χ3v) is 11.6. The molecule has 8 unspecified atom stereocenters. The van der Waals surface area contributed by atoms with Gasteiger partial charge in [-0.2, -0.15) is 0 Å². The molecule has 4 fully saturated rings. The van der Waals surface area contributed by atoms with Gasteiger partial charge in [0.05, 0.1) is 22.7 Å². The van der Waals surface area contributed by atoms with E-state index in [1.54, 1.807) is 6.07 Å². The number of halogens is 2. The van der Waals surface area contributed by atoms with E-state index in [1.807, 2.05) is 14.0 Å². The van der Waals surface area contributed by atoms with Gasteiger partial charge in [-0.25, -0.2) is 9.07 Å². The molecule has 0 spiro atoms. The number of nitrogens with zero attached hydrogens (tertiary/aromatic N) is 3. The molecule has 8 heteroatoms. The van der Waals surface area contributed by atoms with E-state index in [4.69, 9.17) is 16.3 Å². The van der Waals surface area contributed by atoms with E-state index >= 15 is 0 Å². The molecular weight excluding hydrogens is 493 g/mol. The number of hydrogen-bond acceptors (Lipinski definition) is 5. The van der Waals surface area contributed by atoms with Gasteiger partial charge in [0.25, 0.3) is 0 Å². The molecule has 4 saturated carbocycles.